The van der Waals surface area contributed by atoms with E-state index < -0.39 is 139 Å². The summed E-state index contributed by atoms with van der Waals surface area (Å²) in [5.74, 6) is -25.9. The van der Waals surface area contributed by atoms with Crippen LogP contribution in [0.15, 0.2) is 48.0 Å². The van der Waals surface area contributed by atoms with Crippen molar-refractivity contribution >= 4 is 58.2 Å². The van der Waals surface area contributed by atoms with E-state index in [2.05, 4.69) is 0 Å². The van der Waals surface area contributed by atoms with Crippen molar-refractivity contribution in [1.29, 1.82) is 0 Å². The third kappa shape index (κ3) is 5.22. The van der Waals surface area contributed by atoms with Crippen molar-refractivity contribution in [3.05, 3.63) is 99.4 Å². The van der Waals surface area contributed by atoms with Crippen LogP contribution in [0, 0.1) is 53.8 Å². The van der Waals surface area contributed by atoms with Crippen molar-refractivity contribution in [1.82, 2.24) is 0 Å². The number of aryl methyl sites for hydroxylation is 1. The van der Waals surface area contributed by atoms with Gasteiger partial charge in [0.2, 0.25) is 17.6 Å². The molecule has 1 saturated carbocycles. The highest BCUT2D eigenvalue weighted by Gasteiger charge is 2.77. The predicted octanol–water partition coefficient (Wildman–Crippen LogP) is 8.20. The minimum Gasteiger partial charge on any atom is -0.508 e. The smallest absolute Gasteiger partial charge is 0.416 e. The summed E-state index contributed by atoms with van der Waals surface area (Å²) in [6.07, 6.45) is -10.9. The molecule has 290 valence electrons. The summed E-state index contributed by atoms with van der Waals surface area (Å²) in [6, 6.07) is 3.63. The number of carbonyl (C=O) groups is 4. The molecule has 0 spiro atoms. The zero-order valence-electron chi connectivity index (χ0n) is 27.2. The van der Waals surface area contributed by atoms with Gasteiger partial charge >= 0.3 is 12.4 Å². The molecule has 7 nitrogen and oxygen atoms in total. The van der Waals surface area contributed by atoms with Gasteiger partial charge < -0.3 is 5.11 Å². The second kappa shape index (κ2) is 12.1. The monoisotopic (exact) mass is 826 g/mol. The molecular formula is C35H19Cl2F11N2O5. The molecule has 2 saturated heterocycles. The molecule has 6 atom stereocenters. The van der Waals surface area contributed by atoms with E-state index in [-0.39, 0.29) is 45.5 Å². The van der Waals surface area contributed by atoms with Gasteiger partial charge in [-0.15, -0.1) is 23.2 Å². The van der Waals surface area contributed by atoms with E-state index in [1.54, 1.807) is 0 Å². The zero-order chi connectivity index (χ0) is 40.6. The lowest BCUT2D eigenvalue weighted by Gasteiger charge is -2.50. The lowest BCUT2D eigenvalue weighted by atomic mass is 9.56. The lowest BCUT2D eigenvalue weighted by Crippen LogP contribution is -2.60. The number of benzene rings is 3. The van der Waals surface area contributed by atoms with E-state index in [0.717, 1.165) is 6.07 Å². The number of phenols is 1. The van der Waals surface area contributed by atoms with Crippen LogP contribution in [0.25, 0.3) is 0 Å². The first-order chi connectivity index (χ1) is 25.4. The second-order valence-corrected chi connectivity index (χ2v) is 14.8. The van der Waals surface area contributed by atoms with Gasteiger partial charge in [0.25, 0.3) is 11.8 Å². The molecule has 20 heteroatoms. The maximum atomic E-state index is 15.2. The number of rotatable bonds is 3. The van der Waals surface area contributed by atoms with Crippen molar-refractivity contribution in [2.45, 2.75) is 47.8 Å². The van der Waals surface area contributed by atoms with Crippen LogP contribution in [0.2, 0.25) is 0 Å². The van der Waals surface area contributed by atoms with Gasteiger partial charge in [-0.25, -0.2) is 31.8 Å². The third-order valence-corrected chi connectivity index (χ3v) is 12.0. The van der Waals surface area contributed by atoms with E-state index in [1.807, 2.05) is 0 Å². The van der Waals surface area contributed by atoms with Gasteiger partial charge in [0.05, 0.1) is 28.7 Å². The number of hydrogen-bond donors (Lipinski definition) is 1. The van der Waals surface area contributed by atoms with Gasteiger partial charge in [-0.2, -0.15) is 26.3 Å². The summed E-state index contributed by atoms with van der Waals surface area (Å²) in [4.78, 5) is 50.4. The molecule has 2 aliphatic carbocycles. The van der Waals surface area contributed by atoms with E-state index in [1.165, 1.54) is 25.1 Å². The number of aromatic hydroxyl groups is 1. The van der Waals surface area contributed by atoms with E-state index in [9.17, 15) is 63.8 Å². The molecule has 3 aromatic carbocycles. The lowest BCUT2D eigenvalue weighted by molar-refractivity contribution is -0.143. The quantitative estimate of drug-likeness (QED) is 0.0718. The Balaban J connectivity index is 1.41. The maximum absolute atomic E-state index is 15.2. The van der Waals surface area contributed by atoms with Crippen molar-refractivity contribution in [2.75, 3.05) is 9.80 Å². The normalized spacial score (nSPS) is 28.1. The zero-order valence-corrected chi connectivity index (χ0v) is 28.7. The van der Waals surface area contributed by atoms with Crippen molar-refractivity contribution in [3.63, 3.8) is 0 Å². The number of anilines is 2. The number of phenolic OH excluding ortho intramolecular Hbond substituents is 1. The predicted molar refractivity (Wildman–Crippen MR) is 168 cm³/mol. The van der Waals surface area contributed by atoms with Gasteiger partial charge in [-0.3, -0.25) is 19.2 Å². The number of alkyl halides is 8. The third-order valence-electron chi connectivity index (χ3n) is 10.6. The van der Waals surface area contributed by atoms with Gasteiger partial charge in [-0.05, 0) is 61.1 Å². The molecule has 4 amide bonds. The molecule has 0 aromatic heterocycles. The molecule has 7 rings (SSSR count). The Hall–Kier alpha value is -4.71. The Morgan fingerprint density at radius 1 is 0.727 bits per heavy atom. The number of allylic oxidation sites excluding steroid dienone is 2. The van der Waals surface area contributed by atoms with Gasteiger partial charge in [0, 0.05) is 5.92 Å². The first-order valence-electron chi connectivity index (χ1n) is 15.8. The molecular weight excluding hydrogens is 808 g/mol. The van der Waals surface area contributed by atoms with Crippen LogP contribution in [0.3, 0.4) is 0 Å². The van der Waals surface area contributed by atoms with Gasteiger partial charge in [0.15, 0.2) is 33.0 Å². The largest absolute Gasteiger partial charge is 0.508 e. The summed E-state index contributed by atoms with van der Waals surface area (Å²) in [6.45, 7) is 1.38. The van der Waals surface area contributed by atoms with Crippen LogP contribution >= 0.6 is 23.2 Å². The molecule has 0 radical (unpaired) electrons. The van der Waals surface area contributed by atoms with Crippen LogP contribution in [-0.4, -0.2) is 38.5 Å². The minimum absolute atomic E-state index is 0.0407. The molecule has 2 aliphatic heterocycles. The average molecular weight is 827 g/mol. The average Bonchev–Trinajstić information content (AvgIpc) is 3.45. The highest BCUT2D eigenvalue weighted by molar-refractivity contribution is 6.58. The van der Waals surface area contributed by atoms with Crippen LogP contribution in [0.4, 0.5) is 59.7 Å². The van der Waals surface area contributed by atoms with E-state index in [4.69, 9.17) is 23.2 Å². The number of halogens is 13. The number of carbonyl (C=O) groups excluding carboxylic acids is 4. The Labute approximate surface area is 310 Å². The highest BCUT2D eigenvalue weighted by atomic mass is 35.5. The molecule has 2 heterocycles. The van der Waals surface area contributed by atoms with Crippen LogP contribution < -0.4 is 9.80 Å². The highest BCUT2D eigenvalue weighted by Crippen LogP contribution is 2.66. The number of fused-ring (bicyclic) bond motifs is 4. The van der Waals surface area contributed by atoms with Crippen LogP contribution in [0.5, 0.6) is 5.75 Å². The molecule has 4 aliphatic rings. The summed E-state index contributed by atoms with van der Waals surface area (Å²) in [7, 11) is 0. The second-order valence-electron chi connectivity index (χ2n) is 13.5. The molecule has 3 aromatic rings. The summed E-state index contributed by atoms with van der Waals surface area (Å²) in [5, 5.41) is 10.2. The SMILES string of the molecule is Cc1cc(C2C3=CCC4C(=O)N(c5cc(C(F)(F)F)cc(C(F)(F)F)c5)C(=O)C4C3CC3(Cl)C(=O)N(c4c(F)c(F)c(F)c(F)c4F)C(=O)C23Cl)ccc1O. The fraction of sp³-hybridized carbons (Fsp3) is 0.314. The van der Waals surface area contributed by atoms with Crippen molar-refractivity contribution in [2.24, 2.45) is 17.8 Å². The van der Waals surface area contributed by atoms with Crippen molar-refractivity contribution < 1.29 is 72.6 Å². The number of imide groups is 2. The molecule has 1 N–H and O–H groups in total. The summed E-state index contributed by atoms with van der Waals surface area (Å²) < 4.78 is 156. The fourth-order valence-corrected chi connectivity index (χ4v) is 9.06. The van der Waals surface area contributed by atoms with Crippen LogP contribution in [-0.2, 0) is 31.5 Å². The van der Waals surface area contributed by atoms with Gasteiger partial charge in [0.1, 0.15) is 11.4 Å². The number of hydrogen-bond acceptors (Lipinski definition) is 5. The van der Waals surface area contributed by atoms with E-state index >= 15 is 8.78 Å². The molecule has 3 fully saturated rings. The number of nitrogens with zero attached hydrogens (tertiary/aromatic N) is 2. The van der Waals surface area contributed by atoms with Crippen LogP contribution in [0.1, 0.15) is 41.0 Å². The Morgan fingerprint density at radius 2 is 1.27 bits per heavy atom. The molecule has 55 heavy (non-hydrogen) atoms. The topological polar surface area (TPSA) is 95.0 Å². The minimum atomic E-state index is -5.37. The van der Waals surface area contributed by atoms with Crippen molar-refractivity contribution in [3.8, 4) is 5.75 Å². The first kappa shape index (κ1) is 38.6. The molecule has 0 bridgehead atoms. The molecule has 6 unspecified atom stereocenters. The maximum Gasteiger partial charge on any atom is 0.416 e. The number of amides is 4. The summed E-state index contributed by atoms with van der Waals surface area (Å²) in [5.41, 5.74) is -6.78. The Morgan fingerprint density at radius 3 is 1.80 bits per heavy atom. The van der Waals surface area contributed by atoms with Gasteiger partial charge in [-0.1, -0.05) is 23.8 Å². The van der Waals surface area contributed by atoms with E-state index in [0.29, 0.717) is 0 Å². The fourth-order valence-electron chi connectivity index (χ4n) is 8.12. The Bertz CT molecular complexity index is 2250. The summed E-state index contributed by atoms with van der Waals surface area (Å²) >= 11 is 14.0. The first-order valence-corrected chi connectivity index (χ1v) is 16.6. The Kier molecular flexibility index (Phi) is 8.51. The standard InChI is InChI=1S/C35H19Cl2F11N2O5/c1-11-6-12(2-5-19(11)51)21-16-3-4-17-20(29(53)49(28(17)52)15-8-13(34(43,44)45)7-14(9-15)35(46,47)48)18(16)10-32(36)30(54)50(31(55)33(21,32)37)27-25(41)23(39)22(38)24(40)26(27)42/h2-3,5-9,17-18,20-21,51H,4,10H2,1H3.